The second-order valence-corrected chi connectivity index (χ2v) is 6.52. The fraction of sp³-hybridized carbons (Fsp3) is 0.529. The third-order valence-corrected chi connectivity index (χ3v) is 5.23. The molecule has 1 aromatic rings. The van der Waals surface area contributed by atoms with Crippen LogP contribution in [0.25, 0.3) is 0 Å². The van der Waals surface area contributed by atoms with Crippen molar-refractivity contribution in [3.05, 3.63) is 17.7 Å². The van der Waals surface area contributed by atoms with Gasteiger partial charge in [-0.05, 0) is 0 Å². The Balaban J connectivity index is 2.41. The molecular formula is C17H23NO6S. The molecule has 0 aliphatic carbocycles. The summed E-state index contributed by atoms with van der Waals surface area (Å²) in [6, 6.07) is 3.52. The number of nitrogens with zero attached hydrogens (tertiary/aromatic N) is 1. The Hall–Kier alpha value is -2.09. The molecule has 1 unspecified atom stereocenters. The smallest absolute Gasteiger partial charge is 0.307 e. The van der Waals surface area contributed by atoms with Gasteiger partial charge in [-0.3, -0.25) is 9.59 Å². The normalized spacial score (nSPS) is 17.2. The number of amides is 1. The number of hydrogen-bond donors (Lipinski definition) is 0. The van der Waals surface area contributed by atoms with Crippen LogP contribution in [-0.4, -0.2) is 57.5 Å². The van der Waals surface area contributed by atoms with Gasteiger partial charge in [-0.2, -0.15) is 0 Å². The van der Waals surface area contributed by atoms with Crippen LogP contribution in [0.3, 0.4) is 0 Å². The van der Waals surface area contributed by atoms with Crippen LogP contribution in [0.4, 0.5) is 0 Å². The highest BCUT2D eigenvalue weighted by molar-refractivity contribution is 7.99. The number of ether oxygens (including phenoxy) is 4. The van der Waals surface area contributed by atoms with Crippen LogP contribution in [0, 0.1) is 0 Å². The largest absolute Gasteiger partial charge is 0.496 e. The van der Waals surface area contributed by atoms with Crippen molar-refractivity contribution in [1.82, 2.24) is 4.90 Å². The second kappa shape index (κ2) is 8.84. The molecule has 138 valence electrons. The molecule has 0 saturated carbocycles. The van der Waals surface area contributed by atoms with Gasteiger partial charge >= 0.3 is 5.97 Å². The Morgan fingerprint density at radius 2 is 1.80 bits per heavy atom. The van der Waals surface area contributed by atoms with E-state index in [2.05, 4.69) is 4.74 Å². The minimum atomic E-state index is -0.351. The van der Waals surface area contributed by atoms with E-state index in [4.69, 9.17) is 14.2 Å². The molecule has 1 fully saturated rings. The number of methoxy groups -OCH3 is 4. The summed E-state index contributed by atoms with van der Waals surface area (Å²) < 4.78 is 21.0. The van der Waals surface area contributed by atoms with Crippen LogP contribution >= 0.6 is 11.8 Å². The molecule has 1 aromatic carbocycles. The van der Waals surface area contributed by atoms with Crippen molar-refractivity contribution in [2.45, 2.75) is 18.2 Å². The van der Waals surface area contributed by atoms with Crippen LogP contribution in [0.15, 0.2) is 12.1 Å². The Morgan fingerprint density at radius 1 is 1.16 bits per heavy atom. The standard InChI is InChI=1S/C17H23NO6S/c1-21-11-9-12(22-2)16(13(10-11)23-3)17-18(7-5-15(20)24-4)14(19)6-8-25-17/h9-10,17H,5-8H2,1-4H3. The molecule has 0 radical (unpaired) electrons. The molecule has 25 heavy (non-hydrogen) atoms. The van der Waals surface area contributed by atoms with Crippen molar-refractivity contribution in [2.75, 3.05) is 40.7 Å². The van der Waals surface area contributed by atoms with Crippen molar-refractivity contribution in [3.8, 4) is 17.2 Å². The van der Waals surface area contributed by atoms with Crippen molar-refractivity contribution in [1.29, 1.82) is 0 Å². The molecule has 1 aliphatic rings. The van der Waals surface area contributed by atoms with Gasteiger partial charge in [0.15, 0.2) is 0 Å². The maximum absolute atomic E-state index is 12.5. The van der Waals surface area contributed by atoms with E-state index >= 15 is 0 Å². The summed E-state index contributed by atoms with van der Waals surface area (Å²) in [5, 5.41) is -0.304. The maximum atomic E-state index is 12.5. The molecule has 1 saturated heterocycles. The number of carbonyl (C=O) groups excluding carboxylic acids is 2. The monoisotopic (exact) mass is 369 g/mol. The molecule has 7 nitrogen and oxygen atoms in total. The molecule has 0 aromatic heterocycles. The molecule has 1 heterocycles. The van der Waals surface area contributed by atoms with E-state index in [9.17, 15) is 9.59 Å². The van der Waals surface area contributed by atoms with Crippen LogP contribution in [0.5, 0.6) is 17.2 Å². The second-order valence-electron chi connectivity index (χ2n) is 5.33. The van der Waals surface area contributed by atoms with Crippen molar-refractivity contribution >= 4 is 23.6 Å². The summed E-state index contributed by atoms with van der Waals surface area (Å²) in [6.45, 7) is 0.279. The first kappa shape index (κ1) is 19.2. The number of carbonyl (C=O) groups is 2. The molecule has 1 atom stereocenters. The fourth-order valence-electron chi connectivity index (χ4n) is 2.69. The van der Waals surface area contributed by atoms with E-state index in [1.54, 1.807) is 50.1 Å². The minimum Gasteiger partial charge on any atom is -0.496 e. The summed E-state index contributed by atoms with van der Waals surface area (Å²) in [5.41, 5.74) is 0.758. The molecule has 2 rings (SSSR count). The first-order valence-electron chi connectivity index (χ1n) is 7.83. The van der Waals surface area contributed by atoms with Crippen molar-refractivity contribution in [3.63, 3.8) is 0 Å². The molecule has 1 amide bonds. The lowest BCUT2D eigenvalue weighted by Gasteiger charge is -2.36. The van der Waals surface area contributed by atoms with Gasteiger partial charge in [0.2, 0.25) is 5.91 Å². The Labute approximate surface area is 151 Å². The first-order chi connectivity index (χ1) is 12.0. The van der Waals surface area contributed by atoms with Crippen LogP contribution < -0.4 is 14.2 Å². The zero-order valence-electron chi connectivity index (χ0n) is 14.9. The highest BCUT2D eigenvalue weighted by Gasteiger charge is 2.34. The predicted octanol–water partition coefficient (Wildman–Crippen LogP) is 2.24. The van der Waals surface area contributed by atoms with Crippen LogP contribution in [-0.2, 0) is 14.3 Å². The third-order valence-electron chi connectivity index (χ3n) is 3.98. The van der Waals surface area contributed by atoms with E-state index in [-0.39, 0.29) is 30.2 Å². The molecule has 8 heteroatoms. The Kier molecular flexibility index (Phi) is 6.81. The third kappa shape index (κ3) is 4.31. The number of benzene rings is 1. The van der Waals surface area contributed by atoms with Gasteiger partial charge in [-0.25, -0.2) is 0 Å². The van der Waals surface area contributed by atoms with Crippen molar-refractivity contribution < 1.29 is 28.5 Å². The molecular weight excluding hydrogens is 346 g/mol. The quantitative estimate of drug-likeness (QED) is 0.682. The van der Waals surface area contributed by atoms with Crippen LogP contribution in [0.2, 0.25) is 0 Å². The summed E-state index contributed by atoms with van der Waals surface area (Å²) in [7, 11) is 6.02. The summed E-state index contributed by atoms with van der Waals surface area (Å²) in [5.74, 6) is 2.09. The number of hydrogen-bond acceptors (Lipinski definition) is 7. The molecule has 1 aliphatic heterocycles. The summed E-state index contributed by atoms with van der Waals surface area (Å²) in [4.78, 5) is 25.6. The number of rotatable bonds is 7. The highest BCUT2D eigenvalue weighted by atomic mass is 32.2. The Morgan fingerprint density at radius 3 is 2.32 bits per heavy atom. The first-order valence-corrected chi connectivity index (χ1v) is 8.88. The van der Waals surface area contributed by atoms with Gasteiger partial charge in [-0.15, -0.1) is 11.8 Å². The summed E-state index contributed by atoms with van der Waals surface area (Å²) in [6.07, 6.45) is 0.573. The van der Waals surface area contributed by atoms with E-state index in [1.807, 2.05) is 0 Å². The van der Waals surface area contributed by atoms with E-state index in [0.717, 1.165) is 5.56 Å². The van der Waals surface area contributed by atoms with Gasteiger partial charge in [0.25, 0.3) is 0 Å². The SMILES string of the molecule is COC(=O)CCN1C(=O)CCSC1c1c(OC)cc(OC)cc1OC. The number of esters is 1. The van der Waals surface area contributed by atoms with Gasteiger partial charge in [-0.1, -0.05) is 0 Å². The summed E-state index contributed by atoms with van der Waals surface area (Å²) >= 11 is 1.61. The Bertz CT molecular complexity index is 611. The van der Waals surface area contributed by atoms with Gasteiger partial charge in [0.1, 0.15) is 22.6 Å². The maximum Gasteiger partial charge on any atom is 0.307 e. The van der Waals surface area contributed by atoms with Crippen molar-refractivity contribution in [2.24, 2.45) is 0 Å². The van der Waals surface area contributed by atoms with E-state index in [1.165, 1.54) is 7.11 Å². The molecule has 0 spiro atoms. The molecule has 0 bridgehead atoms. The zero-order chi connectivity index (χ0) is 18.4. The van der Waals surface area contributed by atoms with E-state index in [0.29, 0.717) is 29.4 Å². The van der Waals surface area contributed by atoms with Gasteiger partial charge in [0.05, 0.1) is 40.4 Å². The minimum absolute atomic E-state index is 0.00687. The number of thioether (sulfide) groups is 1. The molecule has 0 N–H and O–H groups in total. The van der Waals surface area contributed by atoms with E-state index < -0.39 is 0 Å². The average Bonchev–Trinajstić information content (AvgIpc) is 2.65. The van der Waals surface area contributed by atoms with Gasteiger partial charge in [0, 0.05) is 30.9 Å². The zero-order valence-corrected chi connectivity index (χ0v) is 15.7. The lowest BCUT2D eigenvalue weighted by atomic mass is 10.1. The predicted molar refractivity (Wildman–Crippen MR) is 94.3 cm³/mol. The average molecular weight is 369 g/mol. The van der Waals surface area contributed by atoms with Gasteiger partial charge < -0.3 is 23.8 Å². The lowest BCUT2D eigenvalue weighted by molar-refractivity contribution is -0.142. The lowest BCUT2D eigenvalue weighted by Crippen LogP contribution is -2.39. The topological polar surface area (TPSA) is 74.3 Å². The van der Waals surface area contributed by atoms with Crippen LogP contribution in [0.1, 0.15) is 23.8 Å². The highest BCUT2D eigenvalue weighted by Crippen LogP contribution is 2.47. The fourth-order valence-corrected chi connectivity index (χ4v) is 4.01.